The van der Waals surface area contributed by atoms with E-state index in [9.17, 15) is 18.8 Å². The fraction of sp³-hybridized carbons (Fsp3) is 0.217. The van der Waals surface area contributed by atoms with Gasteiger partial charge in [0.15, 0.2) is 0 Å². The van der Waals surface area contributed by atoms with Crippen LogP contribution in [0.1, 0.15) is 18.2 Å². The number of amides is 1. The lowest BCUT2D eigenvalue weighted by Gasteiger charge is -2.06. The third-order valence-corrected chi connectivity index (χ3v) is 5.44. The van der Waals surface area contributed by atoms with Crippen LogP contribution >= 0.6 is 11.3 Å². The van der Waals surface area contributed by atoms with Crippen LogP contribution in [0.4, 0.5) is 4.39 Å². The van der Waals surface area contributed by atoms with Crippen molar-refractivity contribution >= 4 is 35.4 Å². The Balaban J connectivity index is 1.81. The minimum Gasteiger partial charge on any atom is -0.463 e. The number of carbonyl (C=O) groups is 2. The SMILES string of the molecule is CCOC(=O)/C=c1\s/c(=C\c2ccccn2)c(=O)n1CC(=O)NCCc1ccc(F)cc1. The molecule has 166 valence electrons. The molecule has 2 heterocycles. The largest absolute Gasteiger partial charge is 0.463 e. The van der Waals surface area contributed by atoms with Crippen LogP contribution in [0, 0.1) is 5.82 Å². The van der Waals surface area contributed by atoms with Gasteiger partial charge in [-0.05, 0) is 49.2 Å². The van der Waals surface area contributed by atoms with Gasteiger partial charge in [0.05, 0.1) is 22.9 Å². The maximum atomic E-state index is 13.0. The molecule has 0 bridgehead atoms. The quantitative estimate of drug-likeness (QED) is 0.512. The fourth-order valence-corrected chi connectivity index (χ4v) is 3.89. The van der Waals surface area contributed by atoms with E-state index in [0.717, 1.165) is 16.9 Å². The highest BCUT2D eigenvalue weighted by Crippen LogP contribution is 2.02. The highest BCUT2D eigenvalue weighted by molar-refractivity contribution is 7.07. The van der Waals surface area contributed by atoms with Crippen molar-refractivity contribution in [2.24, 2.45) is 0 Å². The van der Waals surface area contributed by atoms with Crippen LogP contribution in [0.3, 0.4) is 0 Å². The van der Waals surface area contributed by atoms with Gasteiger partial charge in [-0.2, -0.15) is 0 Å². The van der Waals surface area contributed by atoms with Crippen molar-refractivity contribution in [2.45, 2.75) is 19.9 Å². The van der Waals surface area contributed by atoms with Crippen molar-refractivity contribution < 1.29 is 18.7 Å². The molecule has 0 radical (unpaired) electrons. The summed E-state index contributed by atoms with van der Waals surface area (Å²) in [5.74, 6) is -1.29. The molecule has 0 atom stereocenters. The van der Waals surface area contributed by atoms with E-state index in [1.54, 1.807) is 49.5 Å². The van der Waals surface area contributed by atoms with E-state index in [1.807, 2.05) is 0 Å². The van der Waals surface area contributed by atoms with Gasteiger partial charge < -0.3 is 10.1 Å². The van der Waals surface area contributed by atoms with Gasteiger partial charge in [0.1, 0.15) is 17.0 Å². The Hall–Kier alpha value is -3.59. The van der Waals surface area contributed by atoms with Crippen molar-refractivity contribution in [2.75, 3.05) is 13.2 Å². The highest BCUT2D eigenvalue weighted by atomic mass is 32.1. The Labute approximate surface area is 187 Å². The Morgan fingerprint density at radius 2 is 2.00 bits per heavy atom. The number of pyridine rings is 1. The zero-order chi connectivity index (χ0) is 22.9. The third kappa shape index (κ3) is 6.45. The molecule has 0 aliphatic rings. The molecule has 1 amide bonds. The van der Waals surface area contributed by atoms with E-state index < -0.39 is 11.5 Å². The summed E-state index contributed by atoms with van der Waals surface area (Å²) in [7, 11) is 0. The van der Waals surface area contributed by atoms with Crippen molar-refractivity contribution in [1.29, 1.82) is 0 Å². The number of nitrogens with zero attached hydrogens (tertiary/aromatic N) is 2. The zero-order valence-electron chi connectivity index (χ0n) is 17.4. The summed E-state index contributed by atoms with van der Waals surface area (Å²) < 4.78 is 19.8. The van der Waals surface area contributed by atoms with Gasteiger partial charge in [-0.1, -0.05) is 18.2 Å². The van der Waals surface area contributed by atoms with Crippen molar-refractivity contribution in [3.63, 3.8) is 0 Å². The number of benzene rings is 1. The Morgan fingerprint density at radius 3 is 2.69 bits per heavy atom. The smallest absolute Gasteiger partial charge is 0.333 e. The molecule has 0 aliphatic heterocycles. The zero-order valence-corrected chi connectivity index (χ0v) is 18.2. The van der Waals surface area contributed by atoms with E-state index in [0.29, 0.717) is 27.9 Å². The summed E-state index contributed by atoms with van der Waals surface area (Å²) in [5.41, 5.74) is 1.07. The predicted molar refractivity (Wildman–Crippen MR) is 120 cm³/mol. The first-order valence-corrected chi connectivity index (χ1v) is 10.8. The number of aromatic nitrogens is 2. The molecule has 9 heteroatoms. The number of rotatable bonds is 8. The van der Waals surface area contributed by atoms with E-state index >= 15 is 0 Å². The number of halogens is 1. The Kier molecular flexibility index (Phi) is 8.04. The first-order valence-electron chi connectivity index (χ1n) is 9.98. The Morgan fingerprint density at radius 1 is 1.22 bits per heavy atom. The second kappa shape index (κ2) is 11.1. The molecular formula is C23H22FN3O4S. The standard InChI is InChI=1S/C23H22FN3O4S/c1-2-31-22(29)14-21-27(23(30)19(32-21)13-18-5-3-4-11-25-18)15-20(28)26-12-10-16-6-8-17(24)9-7-16/h3-9,11,13-14H,2,10,12,15H2,1H3,(H,26,28)/b19-13-,21-14-. The second-order valence-corrected chi connectivity index (χ2v) is 7.78. The van der Waals surface area contributed by atoms with Crippen LogP contribution in [-0.2, 0) is 27.3 Å². The molecule has 7 nitrogen and oxygen atoms in total. The van der Waals surface area contributed by atoms with Crippen LogP contribution in [0.15, 0.2) is 53.5 Å². The third-order valence-electron chi connectivity index (χ3n) is 4.38. The fourth-order valence-electron chi connectivity index (χ4n) is 2.87. The number of hydrogen-bond donors (Lipinski definition) is 1. The van der Waals surface area contributed by atoms with Gasteiger partial charge in [0, 0.05) is 12.7 Å². The first-order chi connectivity index (χ1) is 15.5. The van der Waals surface area contributed by atoms with Gasteiger partial charge in [-0.15, -0.1) is 11.3 Å². The molecule has 0 unspecified atom stereocenters. The topological polar surface area (TPSA) is 90.3 Å². The van der Waals surface area contributed by atoms with Crippen LogP contribution in [-0.4, -0.2) is 34.6 Å². The number of ether oxygens (including phenoxy) is 1. The minimum atomic E-state index is -0.594. The van der Waals surface area contributed by atoms with Gasteiger partial charge in [0.25, 0.3) is 5.56 Å². The summed E-state index contributed by atoms with van der Waals surface area (Å²) in [6, 6.07) is 11.3. The van der Waals surface area contributed by atoms with Gasteiger partial charge in [-0.25, -0.2) is 9.18 Å². The number of thiazole rings is 1. The molecular weight excluding hydrogens is 433 g/mol. The second-order valence-electron chi connectivity index (χ2n) is 6.72. The molecule has 0 saturated heterocycles. The molecule has 1 aromatic carbocycles. The summed E-state index contributed by atoms with van der Waals surface area (Å²) in [6.45, 7) is 1.96. The molecule has 0 spiro atoms. The lowest BCUT2D eigenvalue weighted by molar-refractivity contribution is -0.135. The van der Waals surface area contributed by atoms with Crippen LogP contribution in [0.5, 0.6) is 0 Å². The number of carbonyl (C=O) groups excluding carboxylic acids is 2. The van der Waals surface area contributed by atoms with E-state index in [-0.39, 0.29) is 24.9 Å². The molecule has 0 saturated carbocycles. The van der Waals surface area contributed by atoms with Gasteiger partial charge in [-0.3, -0.25) is 19.1 Å². The van der Waals surface area contributed by atoms with E-state index in [2.05, 4.69) is 10.3 Å². The summed E-state index contributed by atoms with van der Waals surface area (Å²) in [5, 5.41) is 2.75. The van der Waals surface area contributed by atoms with Gasteiger partial charge in [0.2, 0.25) is 5.91 Å². The average molecular weight is 456 g/mol. The van der Waals surface area contributed by atoms with Crippen LogP contribution < -0.4 is 20.1 Å². The van der Waals surface area contributed by atoms with Crippen molar-refractivity contribution in [3.05, 3.63) is 85.3 Å². The molecule has 2 aromatic heterocycles. The predicted octanol–water partition coefficient (Wildman–Crippen LogP) is 0.975. The van der Waals surface area contributed by atoms with E-state index in [1.165, 1.54) is 22.8 Å². The maximum absolute atomic E-state index is 13.0. The van der Waals surface area contributed by atoms with Crippen molar-refractivity contribution in [3.8, 4) is 0 Å². The molecule has 0 fully saturated rings. The molecule has 3 rings (SSSR count). The summed E-state index contributed by atoms with van der Waals surface area (Å²) in [6.07, 6.45) is 4.94. The van der Waals surface area contributed by atoms with E-state index in [4.69, 9.17) is 4.74 Å². The van der Waals surface area contributed by atoms with Crippen LogP contribution in [0.2, 0.25) is 0 Å². The van der Waals surface area contributed by atoms with Gasteiger partial charge >= 0.3 is 5.97 Å². The van der Waals surface area contributed by atoms with Crippen LogP contribution in [0.25, 0.3) is 12.2 Å². The lowest BCUT2D eigenvalue weighted by atomic mass is 10.1. The number of hydrogen-bond acceptors (Lipinski definition) is 6. The normalized spacial score (nSPS) is 12.1. The van der Waals surface area contributed by atoms with Crippen molar-refractivity contribution in [1.82, 2.24) is 14.9 Å². The number of nitrogens with one attached hydrogen (secondary N) is 1. The molecule has 32 heavy (non-hydrogen) atoms. The molecule has 0 aliphatic carbocycles. The summed E-state index contributed by atoms with van der Waals surface area (Å²) >= 11 is 1.08. The Bertz CT molecular complexity index is 1250. The molecule has 3 aromatic rings. The average Bonchev–Trinajstić information content (AvgIpc) is 3.04. The monoisotopic (exact) mass is 455 g/mol. The first kappa shape index (κ1) is 23.1. The number of esters is 1. The lowest BCUT2D eigenvalue weighted by Crippen LogP contribution is -2.38. The molecule has 1 N–H and O–H groups in total. The summed E-state index contributed by atoms with van der Waals surface area (Å²) in [4.78, 5) is 41.5. The maximum Gasteiger partial charge on any atom is 0.333 e. The minimum absolute atomic E-state index is 0.196. The highest BCUT2D eigenvalue weighted by Gasteiger charge is 2.11.